The van der Waals surface area contributed by atoms with Gasteiger partial charge in [-0.2, -0.15) is 4.37 Å². The van der Waals surface area contributed by atoms with Crippen molar-refractivity contribution in [1.82, 2.24) is 14.2 Å². The maximum Gasteiger partial charge on any atom is 0.150 e. The number of hydrogen-bond donors (Lipinski definition) is 0. The molecule has 2 aromatic rings. The van der Waals surface area contributed by atoms with E-state index in [-0.39, 0.29) is 24.0 Å². The zero-order chi connectivity index (χ0) is 21.3. The number of carbonyl (C=O) groups excluding carboxylic acids is 2. The molecule has 1 aromatic heterocycles. The van der Waals surface area contributed by atoms with Crippen molar-refractivity contribution in [3.63, 3.8) is 0 Å². The summed E-state index contributed by atoms with van der Waals surface area (Å²) in [5, 5.41) is 1.28. The van der Waals surface area contributed by atoms with E-state index in [1.54, 1.807) is 11.5 Å². The zero-order valence-electron chi connectivity index (χ0n) is 18.6. The summed E-state index contributed by atoms with van der Waals surface area (Å²) in [5.41, 5.74) is -0.598. The van der Waals surface area contributed by atoms with Crippen LogP contribution < -0.4 is 4.90 Å². The number of fused-ring (bicyclic) bond motifs is 1. The van der Waals surface area contributed by atoms with Crippen LogP contribution in [-0.4, -0.2) is 78.1 Å². The highest BCUT2D eigenvalue weighted by atomic mass is 35.5. The van der Waals surface area contributed by atoms with Gasteiger partial charge in [0.1, 0.15) is 17.4 Å². The molecule has 6 nitrogen and oxygen atoms in total. The molecule has 2 aliphatic heterocycles. The van der Waals surface area contributed by atoms with Crippen LogP contribution in [0.5, 0.6) is 0 Å². The minimum absolute atomic E-state index is 0. The van der Waals surface area contributed by atoms with E-state index < -0.39 is 5.41 Å². The van der Waals surface area contributed by atoms with Gasteiger partial charge < -0.3 is 9.80 Å². The summed E-state index contributed by atoms with van der Waals surface area (Å²) in [6.45, 7) is 8.33. The normalized spacial score (nSPS) is 22.1. The summed E-state index contributed by atoms with van der Waals surface area (Å²) in [6.07, 6.45) is 4.84. The van der Waals surface area contributed by atoms with E-state index in [2.05, 4.69) is 39.0 Å². The van der Waals surface area contributed by atoms with Crippen molar-refractivity contribution in [3.05, 3.63) is 24.3 Å². The maximum atomic E-state index is 12.2. The van der Waals surface area contributed by atoms with Crippen LogP contribution in [0.1, 0.15) is 38.5 Å². The Morgan fingerprint density at radius 1 is 0.844 bits per heavy atom. The van der Waals surface area contributed by atoms with Crippen LogP contribution in [0.2, 0.25) is 0 Å². The molecule has 1 spiro atoms. The van der Waals surface area contributed by atoms with Gasteiger partial charge in [0.2, 0.25) is 0 Å². The number of halogens is 1. The molecule has 2 saturated heterocycles. The zero-order valence-corrected chi connectivity index (χ0v) is 20.3. The molecule has 3 aliphatic rings. The first-order valence-electron chi connectivity index (χ1n) is 11.8. The van der Waals surface area contributed by atoms with Crippen molar-refractivity contribution in [3.8, 4) is 0 Å². The summed E-state index contributed by atoms with van der Waals surface area (Å²) >= 11 is 1.60. The molecule has 174 valence electrons. The molecule has 3 fully saturated rings. The lowest BCUT2D eigenvalue weighted by Gasteiger charge is -2.37. The Hall–Kier alpha value is -1.54. The summed E-state index contributed by atoms with van der Waals surface area (Å²) in [5.74, 6) is 1.58. The molecule has 8 heteroatoms. The molecule has 5 rings (SSSR count). The molecule has 3 heterocycles. The highest BCUT2D eigenvalue weighted by Gasteiger charge is 2.50. The van der Waals surface area contributed by atoms with Gasteiger partial charge in [-0.15, -0.1) is 12.4 Å². The first kappa shape index (κ1) is 23.6. The smallest absolute Gasteiger partial charge is 0.150 e. The maximum absolute atomic E-state index is 12.2. The van der Waals surface area contributed by atoms with Crippen LogP contribution in [0, 0.1) is 5.41 Å². The second kappa shape index (κ2) is 10.2. The molecular weight excluding hydrogens is 444 g/mol. The Kier molecular flexibility index (Phi) is 7.50. The number of Topliss-reactive ketones (excluding diaryl/α,β-unsaturated/α-hetero) is 2. The lowest BCUT2D eigenvalue weighted by Crippen LogP contribution is -2.47. The number of benzene rings is 1. The Morgan fingerprint density at radius 3 is 2.09 bits per heavy atom. The molecular formula is C24H33ClN4O2S. The van der Waals surface area contributed by atoms with Crippen molar-refractivity contribution in [2.24, 2.45) is 5.41 Å². The van der Waals surface area contributed by atoms with Gasteiger partial charge >= 0.3 is 0 Å². The van der Waals surface area contributed by atoms with Gasteiger partial charge in [0.25, 0.3) is 0 Å². The lowest BCUT2D eigenvalue weighted by atomic mass is 9.75. The highest BCUT2D eigenvalue weighted by Crippen LogP contribution is 2.40. The Morgan fingerprint density at radius 2 is 1.44 bits per heavy atom. The number of likely N-dealkylation sites (tertiary alicyclic amines) is 1. The van der Waals surface area contributed by atoms with E-state index in [1.807, 2.05) is 0 Å². The number of unbranched alkanes of at least 4 members (excludes halogenated alkanes) is 1. The van der Waals surface area contributed by atoms with Crippen LogP contribution in [0.15, 0.2) is 24.3 Å². The monoisotopic (exact) mass is 476 g/mol. The number of aromatic nitrogens is 1. The number of hydrogen-bond acceptors (Lipinski definition) is 7. The fourth-order valence-corrected chi connectivity index (χ4v) is 6.33. The van der Waals surface area contributed by atoms with Crippen LogP contribution in [0.4, 0.5) is 5.82 Å². The topological polar surface area (TPSA) is 56.8 Å². The van der Waals surface area contributed by atoms with Crippen LogP contribution in [0.25, 0.3) is 10.1 Å². The molecule has 0 radical (unpaired) electrons. The molecule has 1 aromatic carbocycles. The molecule has 0 N–H and O–H groups in total. The summed E-state index contributed by atoms with van der Waals surface area (Å²) in [6, 6.07) is 8.51. The first-order valence-corrected chi connectivity index (χ1v) is 12.5. The number of anilines is 1. The lowest BCUT2D eigenvalue weighted by molar-refractivity contribution is -0.138. The van der Waals surface area contributed by atoms with Gasteiger partial charge in [0.15, 0.2) is 0 Å². The van der Waals surface area contributed by atoms with Crippen molar-refractivity contribution < 1.29 is 9.59 Å². The van der Waals surface area contributed by atoms with Gasteiger partial charge in [-0.25, -0.2) is 0 Å². The number of carbonyl (C=O) groups is 2. The number of piperidine rings is 1. The van der Waals surface area contributed by atoms with E-state index >= 15 is 0 Å². The van der Waals surface area contributed by atoms with Crippen molar-refractivity contribution >= 4 is 51.4 Å². The van der Waals surface area contributed by atoms with Gasteiger partial charge in [-0.3, -0.25) is 14.5 Å². The first-order chi connectivity index (χ1) is 15.2. The van der Waals surface area contributed by atoms with Gasteiger partial charge in [-0.05, 0) is 75.5 Å². The molecule has 0 amide bonds. The quantitative estimate of drug-likeness (QED) is 0.468. The van der Waals surface area contributed by atoms with Crippen LogP contribution >= 0.6 is 23.9 Å². The van der Waals surface area contributed by atoms with Crippen molar-refractivity contribution in [2.45, 2.75) is 38.5 Å². The largest absolute Gasteiger partial charge is 0.353 e. The third-order valence-corrected chi connectivity index (χ3v) is 8.40. The number of ketones is 2. The standard InChI is InChI=1S/C24H32N4O2S.ClH/c29-21-7-8-22(30)24(21)9-13-26(14-10-24)11-3-4-12-27-15-17-28(18-16-27)23-19-5-1-2-6-20(19)31-25-23;/h1-2,5-6H,3-4,7-18H2;1H. The highest BCUT2D eigenvalue weighted by molar-refractivity contribution is 7.13. The minimum Gasteiger partial charge on any atom is -0.353 e. The predicted octanol–water partition coefficient (Wildman–Crippen LogP) is 3.63. The molecule has 0 bridgehead atoms. The molecule has 0 atom stereocenters. The number of piperazine rings is 1. The summed E-state index contributed by atoms with van der Waals surface area (Å²) in [4.78, 5) is 31.9. The third kappa shape index (κ3) is 4.58. The van der Waals surface area contributed by atoms with Gasteiger partial charge in [0, 0.05) is 44.4 Å². The minimum atomic E-state index is -0.598. The molecule has 1 aliphatic carbocycles. The average Bonchev–Trinajstić information content (AvgIpc) is 3.35. The van der Waals surface area contributed by atoms with Crippen molar-refractivity contribution in [1.29, 1.82) is 0 Å². The summed E-state index contributed by atoms with van der Waals surface area (Å²) < 4.78 is 5.98. The Balaban J connectivity index is 0.00000245. The predicted molar refractivity (Wildman–Crippen MR) is 132 cm³/mol. The van der Waals surface area contributed by atoms with Gasteiger partial charge in [0.05, 0.1) is 10.1 Å². The second-order valence-electron chi connectivity index (χ2n) is 9.31. The fourth-order valence-electron chi connectivity index (χ4n) is 5.53. The third-order valence-electron chi connectivity index (χ3n) is 7.59. The van der Waals surface area contributed by atoms with E-state index in [4.69, 9.17) is 4.37 Å². The van der Waals surface area contributed by atoms with Crippen LogP contribution in [-0.2, 0) is 9.59 Å². The van der Waals surface area contributed by atoms with Gasteiger partial charge in [-0.1, -0.05) is 12.1 Å². The molecule has 32 heavy (non-hydrogen) atoms. The fraction of sp³-hybridized carbons (Fsp3) is 0.625. The Bertz CT molecular complexity index is 930. The number of rotatable bonds is 6. The Labute approximate surface area is 200 Å². The SMILES string of the molecule is Cl.O=C1CCC(=O)C12CCN(CCCCN1CCN(c3nsc4ccccc34)CC1)CC2. The molecule has 0 unspecified atom stereocenters. The van der Waals surface area contributed by atoms with E-state index in [9.17, 15) is 9.59 Å². The van der Waals surface area contributed by atoms with Crippen LogP contribution in [0.3, 0.4) is 0 Å². The van der Waals surface area contributed by atoms with E-state index in [1.165, 1.54) is 22.9 Å². The molecule has 1 saturated carbocycles. The number of nitrogens with zero attached hydrogens (tertiary/aromatic N) is 4. The summed E-state index contributed by atoms with van der Waals surface area (Å²) in [7, 11) is 0. The average molecular weight is 477 g/mol. The van der Waals surface area contributed by atoms with E-state index in [0.29, 0.717) is 12.8 Å². The van der Waals surface area contributed by atoms with Crippen molar-refractivity contribution in [2.75, 3.05) is 57.3 Å². The second-order valence-corrected chi connectivity index (χ2v) is 10.1. The van der Waals surface area contributed by atoms with E-state index in [0.717, 1.165) is 71.0 Å².